The molecule has 23 heteroatoms. The molecule has 0 amide bonds. The van der Waals surface area contributed by atoms with Crippen LogP contribution in [-0.4, -0.2) is 216 Å². The summed E-state index contributed by atoms with van der Waals surface area (Å²) in [6, 6.07) is 4.35. The van der Waals surface area contributed by atoms with Gasteiger partial charge >= 0.3 is 0 Å². The van der Waals surface area contributed by atoms with Crippen LogP contribution in [0.5, 0.6) is 17.2 Å². The van der Waals surface area contributed by atoms with Gasteiger partial charge in [0.1, 0.15) is 60.0 Å². The number of fused-ring (bicyclic) bond motifs is 2. The van der Waals surface area contributed by atoms with Gasteiger partial charge in [-0.3, -0.25) is 4.79 Å². The molecule has 8 rings (SSSR count). The molecule has 6 aliphatic rings. The second-order valence-corrected chi connectivity index (χ2v) is 22.2. The van der Waals surface area contributed by atoms with Crippen molar-refractivity contribution in [3.05, 3.63) is 41.5 Å². The Morgan fingerprint density at radius 1 is 0.684 bits per heavy atom. The Labute approximate surface area is 440 Å². The summed E-state index contributed by atoms with van der Waals surface area (Å²) >= 11 is 0. The maximum Gasteiger partial charge on any atom is 0.202 e. The van der Waals surface area contributed by atoms with Crippen molar-refractivity contribution < 1.29 is 113 Å². The van der Waals surface area contributed by atoms with Crippen LogP contribution in [0.25, 0.3) is 10.8 Å². The normalized spacial score (nSPS) is 43.5. The molecule has 0 aromatic heterocycles. The molecule has 2 aromatic carbocycles. The monoisotopic (exact) mass is 1080 g/mol. The van der Waals surface area contributed by atoms with Gasteiger partial charge < -0.3 is 108 Å². The molecule has 5 saturated heterocycles. The molecule has 76 heavy (non-hydrogen) atoms. The molecular formula is C53H78O23. The minimum absolute atomic E-state index is 0.0144. The number of aromatic hydroxyl groups is 2. The molecule has 25 atom stereocenters. The van der Waals surface area contributed by atoms with Gasteiger partial charge in [0.05, 0.1) is 83.7 Å². The van der Waals surface area contributed by atoms with E-state index >= 15 is 4.79 Å². The van der Waals surface area contributed by atoms with E-state index in [4.69, 9.17) is 52.1 Å². The molecule has 23 nitrogen and oxygen atoms in total. The quantitative estimate of drug-likeness (QED) is 0.110. The molecule has 19 unspecified atom stereocenters. The third kappa shape index (κ3) is 11.8. The van der Waals surface area contributed by atoms with Gasteiger partial charge in [-0.1, -0.05) is 13.5 Å². The maximum atomic E-state index is 15.2. The van der Waals surface area contributed by atoms with Gasteiger partial charge in [-0.05, 0) is 83.5 Å². The molecule has 0 bridgehead atoms. The predicted molar refractivity (Wildman–Crippen MR) is 263 cm³/mol. The first kappa shape index (κ1) is 58.9. The third-order valence-electron chi connectivity index (χ3n) is 16.1. The van der Waals surface area contributed by atoms with Crippen molar-refractivity contribution in [2.45, 2.75) is 241 Å². The van der Waals surface area contributed by atoms with Gasteiger partial charge in [0, 0.05) is 50.7 Å². The maximum absolute atomic E-state index is 15.2. The van der Waals surface area contributed by atoms with Crippen LogP contribution in [0.2, 0.25) is 0 Å². The van der Waals surface area contributed by atoms with Crippen molar-refractivity contribution in [3.8, 4) is 17.2 Å². The van der Waals surface area contributed by atoms with Crippen LogP contribution in [0.4, 0.5) is 0 Å². The number of ketones is 1. The van der Waals surface area contributed by atoms with Crippen molar-refractivity contribution in [2.24, 2.45) is 5.41 Å². The average Bonchev–Trinajstić information content (AvgIpc) is 3.34. The Hall–Kier alpha value is -3.25. The summed E-state index contributed by atoms with van der Waals surface area (Å²) in [5.41, 5.74) is -2.90. The Morgan fingerprint density at radius 3 is 1.70 bits per heavy atom. The Bertz CT molecular complexity index is 2360. The molecule has 5 fully saturated rings. The fourth-order valence-corrected chi connectivity index (χ4v) is 11.8. The zero-order valence-electron chi connectivity index (χ0n) is 44.3. The van der Waals surface area contributed by atoms with E-state index in [0.717, 1.165) is 0 Å². The third-order valence-corrected chi connectivity index (χ3v) is 16.1. The molecule has 2 aromatic rings. The molecule has 428 valence electrons. The average molecular weight is 1080 g/mol. The summed E-state index contributed by atoms with van der Waals surface area (Å²) in [6.45, 7) is 16.6. The molecule has 5 heterocycles. The summed E-state index contributed by atoms with van der Waals surface area (Å²) in [6.07, 6.45) is -25.2. The number of Topliss-reactive ketones (excluding diaryl/α,β-unsaturated/α-hetero) is 1. The van der Waals surface area contributed by atoms with Gasteiger partial charge in [0.15, 0.2) is 30.9 Å². The van der Waals surface area contributed by atoms with E-state index < -0.39 is 170 Å². The predicted octanol–water partition coefficient (Wildman–Crippen LogP) is 0.820. The van der Waals surface area contributed by atoms with Crippen LogP contribution in [0, 0.1) is 5.41 Å². The highest BCUT2D eigenvalue weighted by atomic mass is 16.7. The largest absolute Gasteiger partial charge is 0.507 e. The molecule has 1 aliphatic carbocycles. The highest BCUT2D eigenvalue weighted by Gasteiger charge is 2.56. The van der Waals surface area contributed by atoms with Crippen LogP contribution in [0.3, 0.4) is 0 Å². The zero-order chi connectivity index (χ0) is 55.6. The van der Waals surface area contributed by atoms with E-state index in [2.05, 4.69) is 6.58 Å². The van der Waals surface area contributed by atoms with Gasteiger partial charge in [0.25, 0.3) is 0 Å². The molecule has 5 aliphatic heterocycles. The lowest BCUT2D eigenvalue weighted by molar-refractivity contribution is -0.335. The number of hydrogen-bond acceptors (Lipinski definition) is 23. The second kappa shape index (κ2) is 23.1. The number of methoxy groups -OCH3 is 1. The number of aliphatic hydroxyl groups is 9. The van der Waals surface area contributed by atoms with E-state index in [-0.39, 0.29) is 71.7 Å². The van der Waals surface area contributed by atoms with Crippen LogP contribution < -0.4 is 4.74 Å². The Morgan fingerprint density at radius 2 is 1.17 bits per heavy atom. The number of carbonyl (C=O) groups is 1. The fourth-order valence-electron chi connectivity index (χ4n) is 11.8. The highest BCUT2D eigenvalue weighted by molar-refractivity contribution is 6.11. The number of phenols is 2. The minimum atomic E-state index is -1.55. The van der Waals surface area contributed by atoms with Crippen LogP contribution >= 0.6 is 0 Å². The number of carbonyl (C=O) groups excluding carboxylic acids is 1. The summed E-state index contributed by atoms with van der Waals surface area (Å²) in [5.74, 6) is -1.72. The lowest BCUT2D eigenvalue weighted by Gasteiger charge is -2.49. The lowest BCUT2D eigenvalue weighted by Crippen LogP contribution is -2.59. The summed E-state index contributed by atoms with van der Waals surface area (Å²) < 4.78 is 67.2. The molecule has 11 N–H and O–H groups in total. The Balaban J connectivity index is 1.05. The zero-order valence-corrected chi connectivity index (χ0v) is 44.3. The van der Waals surface area contributed by atoms with E-state index in [1.54, 1.807) is 47.6 Å². The molecule has 0 spiro atoms. The number of phenolic OH excluding ortho intramolecular Hbond substituents is 2. The number of rotatable bonds is 15. The fraction of sp³-hybridized carbons (Fsp3) is 0.755. The van der Waals surface area contributed by atoms with Gasteiger partial charge in [-0.25, -0.2) is 0 Å². The van der Waals surface area contributed by atoms with Crippen molar-refractivity contribution in [1.29, 1.82) is 0 Å². The minimum Gasteiger partial charge on any atom is -0.507 e. The highest BCUT2D eigenvalue weighted by Crippen LogP contribution is 2.50. The standard InChI is InChI=1S/C53H78O23/c1-20(42(57)21(2)54)50(66-10)52(8)18-28-11-27-12-29(72-36-15-32(44(59)23(4)68-36)73-35-14-31(56)43(58)22(3)67-35)13-30(55)40(27)47(62)41(28)48(63)51(52)76-38-17-33(45(60)25(6)70-38)74-37-16-34(46(61)24(5)69-37)75-39-19-53(9,65)49(64)26(7)71-39/h11-13,21-26,31-39,42-46,49-51,54-62,64-65H,1,14-19H2,2-10H3/t21-,22?,23?,24?,25?,26?,31?,32?,33?,34?,35?,36+,37?,38?,39?,42-,43?,44?,45?,46?,49?,50-,51-,52+,53?/m1/s1. The van der Waals surface area contributed by atoms with Crippen molar-refractivity contribution in [2.75, 3.05) is 7.11 Å². The van der Waals surface area contributed by atoms with E-state index in [0.29, 0.717) is 0 Å². The van der Waals surface area contributed by atoms with Crippen molar-refractivity contribution in [1.82, 2.24) is 0 Å². The lowest BCUT2D eigenvalue weighted by atomic mass is 9.64. The number of ether oxygens (including phenoxy) is 11. The summed E-state index contributed by atoms with van der Waals surface area (Å²) in [4.78, 5) is 15.2. The SMILES string of the molecule is C=C([C@@H](O)[C@@H](C)O)[C@@H](OC)[C@]1(C)Cc2cc3cc(O[C@H]4CC(OC5CC(O)C(O)C(C)O5)C(O)C(C)O4)cc(O)c3c(O)c2C(=O)[C@H]1OC1CC(OC2CC(OC3CC(C)(O)C(O)C(C)O3)C(O)C(C)O2)C(O)C(C)O1. The van der Waals surface area contributed by atoms with Crippen molar-refractivity contribution in [3.63, 3.8) is 0 Å². The molecular weight excluding hydrogens is 1000 g/mol. The van der Waals surface area contributed by atoms with Crippen LogP contribution in [0.1, 0.15) is 103 Å². The first-order valence-corrected chi connectivity index (χ1v) is 26.1. The first-order chi connectivity index (χ1) is 35.6. The van der Waals surface area contributed by atoms with E-state index in [1.807, 2.05) is 0 Å². The topological polar surface area (TPSA) is 341 Å². The van der Waals surface area contributed by atoms with Gasteiger partial charge in [-0.2, -0.15) is 0 Å². The first-order valence-electron chi connectivity index (χ1n) is 26.1. The van der Waals surface area contributed by atoms with Crippen molar-refractivity contribution >= 4 is 16.6 Å². The van der Waals surface area contributed by atoms with Gasteiger partial charge in [0.2, 0.25) is 6.29 Å². The second-order valence-electron chi connectivity index (χ2n) is 22.2. The van der Waals surface area contributed by atoms with Gasteiger partial charge in [-0.15, -0.1) is 0 Å². The van der Waals surface area contributed by atoms with E-state index in [1.165, 1.54) is 33.1 Å². The Kier molecular flexibility index (Phi) is 17.9. The smallest absolute Gasteiger partial charge is 0.202 e. The molecule has 0 saturated carbocycles. The number of aliphatic hydroxyl groups excluding tert-OH is 8. The summed E-state index contributed by atoms with van der Waals surface area (Å²) in [7, 11) is 1.34. The van der Waals surface area contributed by atoms with Crippen LogP contribution in [0.15, 0.2) is 30.4 Å². The van der Waals surface area contributed by atoms with E-state index in [9.17, 15) is 56.2 Å². The number of benzene rings is 2. The molecule has 0 radical (unpaired) electrons. The number of hydrogen-bond donors (Lipinski definition) is 11. The summed E-state index contributed by atoms with van der Waals surface area (Å²) in [5, 5.41) is 121. The van der Waals surface area contributed by atoms with Crippen LogP contribution in [-0.2, 0) is 53.8 Å².